The number of nitrogens with one attached hydrogen (secondary N) is 1. The summed E-state index contributed by atoms with van der Waals surface area (Å²) in [6, 6.07) is 12.7. The van der Waals surface area contributed by atoms with Gasteiger partial charge < -0.3 is 9.30 Å². The van der Waals surface area contributed by atoms with Crippen LogP contribution in [0.2, 0.25) is 0 Å². The Balaban J connectivity index is 1.62. The Morgan fingerprint density at radius 3 is 2.71 bits per heavy atom. The molecule has 0 amide bonds. The van der Waals surface area contributed by atoms with Gasteiger partial charge in [-0.1, -0.05) is 18.2 Å². The highest BCUT2D eigenvalue weighted by Gasteiger charge is 2.26. The lowest BCUT2D eigenvalue weighted by Crippen LogP contribution is -2.44. The number of hydrogen-bond acceptors (Lipinski definition) is 4. The van der Waals surface area contributed by atoms with Crippen LogP contribution in [-0.2, 0) is 21.8 Å². The smallest absolute Gasteiger partial charge is 0.240 e. The van der Waals surface area contributed by atoms with E-state index >= 15 is 0 Å². The van der Waals surface area contributed by atoms with E-state index in [0.717, 1.165) is 6.54 Å². The van der Waals surface area contributed by atoms with Crippen molar-refractivity contribution in [2.24, 2.45) is 7.05 Å². The van der Waals surface area contributed by atoms with Crippen LogP contribution >= 0.6 is 0 Å². The molecule has 2 aromatic rings. The first-order chi connectivity index (χ1) is 11.6. The van der Waals surface area contributed by atoms with Crippen LogP contribution in [0.4, 0.5) is 0 Å². The summed E-state index contributed by atoms with van der Waals surface area (Å²) >= 11 is 0. The Bertz CT molecular complexity index is 758. The number of ether oxygens (including phenoxy) is 1. The van der Waals surface area contributed by atoms with Crippen molar-refractivity contribution in [3.63, 3.8) is 0 Å². The van der Waals surface area contributed by atoms with Crippen molar-refractivity contribution in [3.8, 4) is 0 Å². The maximum Gasteiger partial charge on any atom is 0.240 e. The molecule has 130 valence electrons. The van der Waals surface area contributed by atoms with Crippen LogP contribution < -0.4 is 4.72 Å². The van der Waals surface area contributed by atoms with Crippen molar-refractivity contribution in [2.75, 3.05) is 32.8 Å². The minimum Gasteiger partial charge on any atom is -0.378 e. The van der Waals surface area contributed by atoms with Crippen LogP contribution in [0, 0.1) is 0 Å². The average molecular weight is 349 g/mol. The SMILES string of the molecule is Cn1cccc1C1COCCN1CCNS(=O)(=O)c1ccccc1. The van der Waals surface area contributed by atoms with E-state index in [2.05, 4.69) is 20.3 Å². The Hall–Kier alpha value is -1.67. The molecular formula is C17H23N3O3S. The molecular weight excluding hydrogens is 326 g/mol. The van der Waals surface area contributed by atoms with Gasteiger partial charge in [-0.05, 0) is 24.3 Å². The monoisotopic (exact) mass is 349 g/mol. The van der Waals surface area contributed by atoms with Crippen LogP contribution in [0.5, 0.6) is 0 Å². The molecule has 7 heteroatoms. The molecule has 1 aliphatic heterocycles. The molecule has 24 heavy (non-hydrogen) atoms. The third-order valence-electron chi connectivity index (χ3n) is 4.31. The van der Waals surface area contributed by atoms with E-state index in [1.54, 1.807) is 30.3 Å². The Morgan fingerprint density at radius 2 is 2.00 bits per heavy atom. The van der Waals surface area contributed by atoms with Gasteiger partial charge in [0.05, 0.1) is 24.2 Å². The summed E-state index contributed by atoms with van der Waals surface area (Å²) in [7, 11) is -1.44. The fourth-order valence-corrected chi connectivity index (χ4v) is 4.05. The summed E-state index contributed by atoms with van der Waals surface area (Å²) < 4.78 is 34.9. The molecule has 1 atom stereocenters. The molecule has 1 aromatic heterocycles. The summed E-state index contributed by atoms with van der Waals surface area (Å²) in [5, 5.41) is 0. The lowest BCUT2D eigenvalue weighted by molar-refractivity contribution is -0.00968. The van der Waals surface area contributed by atoms with Gasteiger partial charge in [0.2, 0.25) is 10.0 Å². The van der Waals surface area contributed by atoms with Gasteiger partial charge in [-0.3, -0.25) is 4.90 Å². The summed E-state index contributed by atoms with van der Waals surface area (Å²) in [6.07, 6.45) is 2.01. The zero-order chi connectivity index (χ0) is 17.0. The lowest BCUT2D eigenvalue weighted by Gasteiger charge is -2.35. The maximum atomic E-state index is 12.3. The van der Waals surface area contributed by atoms with Gasteiger partial charge in [-0.25, -0.2) is 13.1 Å². The van der Waals surface area contributed by atoms with E-state index in [1.807, 2.05) is 19.3 Å². The van der Waals surface area contributed by atoms with Gasteiger partial charge in [0.1, 0.15) is 0 Å². The van der Waals surface area contributed by atoms with E-state index in [1.165, 1.54) is 5.69 Å². The van der Waals surface area contributed by atoms with Crippen molar-refractivity contribution in [3.05, 3.63) is 54.4 Å². The standard InChI is InChI=1S/C17H23N3O3S/c1-19-10-5-8-16(19)17-14-23-13-12-20(17)11-9-18-24(21,22)15-6-3-2-4-7-15/h2-8,10,17-18H,9,11-14H2,1H3. The first-order valence-corrected chi connectivity index (χ1v) is 9.54. The summed E-state index contributed by atoms with van der Waals surface area (Å²) in [6.45, 7) is 3.11. The van der Waals surface area contributed by atoms with E-state index in [0.29, 0.717) is 31.2 Å². The molecule has 0 spiro atoms. The van der Waals surface area contributed by atoms with Crippen molar-refractivity contribution in [2.45, 2.75) is 10.9 Å². The number of nitrogens with zero attached hydrogens (tertiary/aromatic N) is 2. The molecule has 0 bridgehead atoms. The summed E-state index contributed by atoms with van der Waals surface area (Å²) in [5.41, 5.74) is 1.18. The third-order valence-corrected chi connectivity index (χ3v) is 5.79. The van der Waals surface area contributed by atoms with E-state index < -0.39 is 10.0 Å². The normalized spacial score (nSPS) is 19.5. The van der Waals surface area contributed by atoms with Gasteiger partial charge in [0.25, 0.3) is 0 Å². The second-order valence-electron chi connectivity index (χ2n) is 5.88. The molecule has 1 unspecified atom stereocenters. The molecule has 1 aliphatic rings. The molecule has 0 radical (unpaired) electrons. The van der Waals surface area contributed by atoms with Crippen LogP contribution in [0.1, 0.15) is 11.7 Å². The fourth-order valence-electron chi connectivity index (χ4n) is 3.01. The number of aryl methyl sites for hydroxylation is 1. The highest BCUT2D eigenvalue weighted by Crippen LogP contribution is 2.23. The zero-order valence-electron chi connectivity index (χ0n) is 13.8. The molecule has 0 saturated carbocycles. The molecule has 2 heterocycles. The Morgan fingerprint density at radius 1 is 1.21 bits per heavy atom. The first kappa shape index (κ1) is 17.2. The van der Waals surface area contributed by atoms with Crippen LogP contribution in [0.25, 0.3) is 0 Å². The van der Waals surface area contributed by atoms with Crippen LogP contribution in [0.3, 0.4) is 0 Å². The molecule has 1 saturated heterocycles. The van der Waals surface area contributed by atoms with Gasteiger partial charge >= 0.3 is 0 Å². The number of aromatic nitrogens is 1. The number of benzene rings is 1. The van der Waals surface area contributed by atoms with Gasteiger partial charge in [-0.2, -0.15) is 0 Å². The predicted molar refractivity (Wildman–Crippen MR) is 92.2 cm³/mol. The quantitative estimate of drug-likeness (QED) is 0.856. The van der Waals surface area contributed by atoms with E-state index in [9.17, 15) is 8.42 Å². The van der Waals surface area contributed by atoms with Crippen molar-refractivity contribution < 1.29 is 13.2 Å². The minimum atomic E-state index is -3.45. The largest absolute Gasteiger partial charge is 0.378 e. The fraction of sp³-hybridized carbons (Fsp3) is 0.412. The van der Waals surface area contributed by atoms with Crippen LogP contribution in [-0.4, -0.2) is 50.7 Å². The second kappa shape index (κ2) is 7.48. The first-order valence-electron chi connectivity index (χ1n) is 8.06. The van der Waals surface area contributed by atoms with Crippen molar-refractivity contribution >= 4 is 10.0 Å². The number of rotatable bonds is 6. The van der Waals surface area contributed by atoms with Crippen molar-refractivity contribution in [1.82, 2.24) is 14.2 Å². The average Bonchev–Trinajstić information content (AvgIpc) is 3.02. The lowest BCUT2D eigenvalue weighted by atomic mass is 10.1. The molecule has 0 aliphatic carbocycles. The van der Waals surface area contributed by atoms with Crippen LogP contribution in [0.15, 0.2) is 53.6 Å². The predicted octanol–water partition coefficient (Wildman–Crippen LogP) is 1.38. The molecule has 6 nitrogen and oxygen atoms in total. The third kappa shape index (κ3) is 3.87. The van der Waals surface area contributed by atoms with Gasteiger partial charge in [0.15, 0.2) is 0 Å². The molecule has 3 rings (SSSR count). The van der Waals surface area contributed by atoms with Gasteiger partial charge in [-0.15, -0.1) is 0 Å². The maximum absolute atomic E-state index is 12.3. The van der Waals surface area contributed by atoms with E-state index in [4.69, 9.17) is 4.74 Å². The molecule has 1 aromatic carbocycles. The zero-order valence-corrected chi connectivity index (χ0v) is 14.6. The highest BCUT2D eigenvalue weighted by atomic mass is 32.2. The second-order valence-corrected chi connectivity index (χ2v) is 7.65. The summed E-state index contributed by atoms with van der Waals surface area (Å²) in [4.78, 5) is 2.57. The number of morpholine rings is 1. The Kier molecular flexibility index (Phi) is 5.35. The number of hydrogen-bond donors (Lipinski definition) is 1. The van der Waals surface area contributed by atoms with Gasteiger partial charge in [0, 0.05) is 38.6 Å². The Labute approximate surface area is 143 Å². The molecule has 1 fully saturated rings. The minimum absolute atomic E-state index is 0.153. The van der Waals surface area contributed by atoms with E-state index in [-0.39, 0.29) is 6.04 Å². The molecule has 1 N–H and O–H groups in total. The topological polar surface area (TPSA) is 63.6 Å². The summed E-state index contributed by atoms with van der Waals surface area (Å²) in [5.74, 6) is 0. The highest BCUT2D eigenvalue weighted by molar-refractivity contribution is 7.89. The van der Waals surface area contributed by atoms with Crippen molar-refractivity contribution in [1.29, 1.82) is 0 Å². The number of sulfonamides is 1.